The number of rotatable bonds is 4. The Morgan fingerprint density at radius 3 is 1.24 bits per heavy atom. The molecule has 4 amide bonds. The molecular formula is C30H22N2O6. The van der Waals surface area contributed by atoms with Gasteiger partial charge in [-0.1, -0.05) is 12.1 Å². The van der Waals surface area contributed by atoms with Crippen molar-refractivity contribution in [3.8, 4) is 11.5 Å². The Kier molecular flexibility index (Phi) is 4.38. The maximum atomic E-state index is 13.4. The second-order valence-corrected chi connectivity index (χ2v) is 9.53. The number of fused-ring (bicyclic) bond motifs is 2. The maximum absolute atomic E-state index is 13.4. The lowest BCUT2D eigenvalue weighted by Crippen LogP contribution is -2.40. The molecule has 0 N–H and O–H groups in total. The summed E-state index contributed by atoms with van der Waals surface area (Å²) < 4.78 is 11.7. The van der Waals surface area contributed by atoms with Gasteiger partial charge in [0, 0.05) is 56.5 Å². The van der Waals surface area contributed by atoms with Crippen LogP contribution in [0.25, 0.3) is 43.1 Å². The first kappa shape index (κ1) is 22.5. The molecule has 0 radical (unpaired) electrons. The Labute approximate surface area is 216 Å². The van der Waals surface area contributed by atoms with Gasteiger partial charge in [0.05, 0.1) is 25.3 Å². The van der Waals surface area contributed by atoms with Crippen molar-refractivity contribution in [2.75, 3.05) is 27.3 Å². The molecular weight excluding hydrogens is 484 g/mol. The summed E-state index contributed by atoms with van der Waals surface area (Å²) in [5, 5.41) is 5.49. The van der Waals surface area contributed by atoms with Gasteiger partial charge < -0.3 is 9.47 Å². The second kappa shape index (κ2) is 7.41. The minimum Gasteiger partial charge on any atom is -0.496 e. The molecule has 0 spiro atoms. The highest BCUT2D eigenvalue weighted by atomic mass is 16.5. The third kappa shape index (κ3) is 2.40. The summed E-state index contributed by atoms with van der Waals surface area (Å²) in [7, 11) is 3.08. The van der Waals surface area contributed by atoms with Gasteiger partial charge in [0.25, 0.3) is 23.6 Å². The molecule has 0 saturated carbocycles. The number of nitrogens with zero attached hydrogens (tertiary/aromatic N) is 2. The lowest BCUT2D eigenvalue weighted by atomic mass is 9.81. The number of hydrogen-bond donors (Lipinski definition) is 0. The fourth-order valence-corrected chi connectivity index (χ4v) is 6.39. The van der Waals surface area contributed by atoms with E-state index in [1.54, 1.807) is 38.1 Å². The topological polar surface area (TPSA) is 93.2 Å². The molecule has 5 aromatic carbocycles. The third-order valence-electron chi connectivity index (χ3n) is 8.01. The summed E-state index contributed by atoms with van der Waals surface area (Å²) in [6.07, 6.45) is 0. The highest BCUT2D eigenvalue weighted by Crippen LogP contribution is 2.51. The average molecular weight is 507 g/mol. The summed E-state index contributed by atoms with van der Waals surface area (Å²) in [6, 6.07) is 10.6. The summed E-state index contributed by atoms with van der Waals surface area (Å²) in [5.74, 6) is -0.480. The number of methoxy groups -OCH3 is 2. The first-order chi connectivity index (χ1) is 18.4. The maximum Gasteiger partial charge on any atom is 0.261 e. The van der Waals surface area contributed by atoms with Crippen LogP contribution in [0.3, 0.4) is 0 Å². The lowest BCUT2D eigenvalue weighted by Gasteiger charge is -2.30. The van der Waals surface area contributed by atoms with Crippen molar-refractivity contribution in [1.29, 1.82) is 0 Å². The molecule has 0 atom stereocenters. The molecule has 0 fully saturated rings. The predicted octanol–water partition coefficient (Wildman–Crippen LogP) is 4.99. The van der Waals surface area contributed by atoms with Crippen LogP contribution in [0.1, 0.15) is 55.3 Å². The molecule has 2 heterocycles. The summed E-state index contributed by atoms with van der Waals surface area (Å²) in [4.78, 5) is 55.9. The molecule has 188 valence electrons. The van der Waals surface area contributed by atoms with Crippen LogP contribution in [0.4, 0.5) is 0 Å². The molecule has 2 aliphatic heterocycles. The molecule has 5 aromatic rings. The Morgan fingerprint density at radius 2 is 0.895 bits per heavy atom. The number of ether oxygens (including phenoxy) is 2. The van der Waals surface area contributed by atoms with Crippen LogP contribution in [0.5, 0.6) is 11.5 Å². The van der Waals surface area contributed by atoms with Gasteiger partial charge in [-0.25, -0.2) is 0 Å². The van der Waals surface area contributed by atoms with E-state index >= 15 is 0 Å². The molecule has 2 aliphatic rings. The number of imide groups is 2. The SMILES string of the molecule is CCN1C(=O)c2ccc3c4c(OC)cc5c6c(ccc(c7c(OC)cc(c2c37)C1=O)c64)C(=O)N(CC)C5=O. The van der Waals surface area contributed by atoms with Gasteiger partial charge in [-0.15, -0.1) is 0 Å². The molecule has 0 aliphatic carbocycles. The minimum atomic E-state index is -0.370. The predicted molar refractivity (Wildman–Crippen MR) is 143 cm³/mol. The van der Waals surface area contributed by atoms with Crippen molar-refractivity contribution in [1.82, 2.24) is 9.80 Å². The molecule has 0 unspecified atom stereocenters. The van der Waals surface area contributed by atoms with E-state index in [0.717, 1.165) is 10.8 Å². The number of hydrogen-bond acceptors (Lipinski definition) is 6. The van der Waals surface area contributed by atoms with Crippen molar-refractivity contribution in [2.45, 2.75) is 13.8 Å². The zero-order chi connectivity index (χ0) is 26.6. The molecule has 38 heavy (non-hydrogen) atoms. The van der Waals surface area contributed by atoms with Crippen LogP contribution in [0.2, 0.25) is 0 Å². The van der Waals surface area contributed by atoms with E-state index in [4.69, 9.17) is 9.47 Å². The van der Waals surface area contributed by atoms with E-state index in [1.807, 2.05) is 12.1 Å². The minimum absolute atomic E-state index is 0.253. The van der Waals surface area contributed by atoms with E-state index in [9.17, 15) is 19.2 Å². The Bertz CT molecular complexity index is 1810. The van der Waals surface area contributed by atoms with Crippen LogP contribution in [-0.4, -0.2) is 60.7 Å². The molecule has 8 heteroatoms. The molecule has 7 rings (SSSR count). The average Bonchev–Trinajstić information content (AvgIpc) is 2.93. The van der Waals surface area contributed by atoms with Crippen molar-refractivity contribution in [3.63, 3.8) is 0 Å². The normalized spacial score (nSPS) is 15.2. The lowest BCUT2D eigenvalue weighted by molar-refractivity contribution is 0.0603. The van der Waals surface area contributed by atoms with E-state index in [0.29, 0.717) is 66.1 Å². The van der Waals surface area contributed by atoms with Gasteiger partial charge in [-0.05, 0) is 48.9 Å². The highest BCUT2D eigenvalue weighted by Gasteiger charge is 2.37. The summed E-state index contributed by atoms with van der Waals surface area (Å²) >= 11 is 0. The molecule has 0 saturated heterocycles. The van der Waals surface area contributed by atoms with Crippen LogP contribution in [0, 0.1) is 0 Å². The fraction of sp³-hybridized carbons (Fsp3) is 0.200. The van der Waals surface area contributed by atoms with Crippen LogP contribution in [0.15, 0.2) is 36.4 Å². The summed E-state index contributed by atoms with van der Waals surface area (Å²) in [5.41, 5.74) is 1.69. The first-order valence-corrected chi connectivity index (χ1v) is 12.5. The largest absolute Gasteiger partial charge is 0.496 e. The van der Waals surface area contributed by atoms with Crippen molar-refractivity contribution >= 4 is 66.7 Å². The standard InChI is InChI=1S/C30H22N2O6/c1-5-31-27(33)15-9-7-13-24-20(38-4)12-18-22-16(28(34)32(6-2)30(18)36)10-8-14(26(22)24)23-19(37-3)11-17(29(31)35)21(15)25(13)23/h7-12H,5-6H2,1-4H3. The number of benzene rings is 5. The fourth-order valence-electron chi connectivity index (χ4n) is 6.39. The van der Waals surface area contributed by atoms with Gasteiger partial charge in [0.15, 0.2) is 0 Å². The number of carbonyl (C=O) groups is 4. The summed E-state index contributed by atoms with van der Waals surface area (Å²) in [6.45, 7) is 4.04. The molecule has 0 bridgehead atoms. The first-order valence-electron chi connectivity index (χ1n) is 12.5. The van der Waals surface area contributed by atoms with Crippen LogP contribution >= 0.6 is 0 Å². The van der Waals surface area contributed by atoms with E-state index in [-0.39, 0.29) is 36.7 Å². The van der Waals surface area contributed by atoms with Crippen molar-refractivity contribution < 1.29 is 28.7 Å². The smallest absolute Gasteiger partial charge is 0.261 e. The number of carbonyl (C=O) groups excluding carboxylic acids is 4. The van der Waals surface area contributed by atoms with Crippen molar-refractivity contribution in [2.24, 2.45) is 0 Å². The third-order valence-corrected chi connectivity index (χ3v) is 8.01. The van der Waals surface area contributed by atoms with Gasteiger partial charge in [0.2, 0.25) is 0 Å². The monoisotopic (exact) mass is 506 g/mol. The quantitative estimate of drug-likeness (QED) is 0.194. The van der Waals surface area contributed by atoms with E-state index < -0.39 is 0 Å². The van der Waals surface area contributed by atoms with Crippen LogP contribution < -0.4 is 9.47 Å². The Balaban J connectivity index is 1.79. The molecule has 8 nitrogen and oxygen atoms in total. The van der Waals surface area contributed by atoms with Crippen LogP contribution in [-0.2, 0) is 0 Å². The van der Waals surface area contributed by atoms with Crippen molar-refractivity contribution in [3.05, 3.63) is 58.7 Å². The second-order valence-electron chi connectivity index (χ2n) is 9.53. The van der Waals surface area contributed by atoms with E-state index in [1.165, 1.54) is 24.0 Å². The Morgan fingerprint density at radius 1 is 0.526 bits per heavy atom. The van der Waals surface area contributed by atoms with E-state index in [2.05, 4.69) is 0 Å². The van der Waals surface area contributed by atoms with Gasteiger partial charge in [0.1, 0.15) is 11.5 Å². The van der Waals surface area contributed by atoms with Gasteiger partial charge in [-0.3, -0.25) is 29.0 Å². The zero-order valence-corrected chi connectivity index (χ0v) is 21.2. The Hall–Kier alpha value is -4.72. The van der Waals surface area contributed by atoms with Gasteiger partial charge >= 0.3 is 0 Å². The highest BCUT2D eigenvalue weighted by molar-refractivity contribution is 6.42. The molecule has 0 aromatic heterocycles. The zero-order valence-electron chi connectivity index (χ0n) is 21.2. The van der Waals surface area contributed by atoms with Gasteiger partial charge in [-0.2, -0.15) is 0 Å². The number of amides is 4.